The third-order valence-electron chi connectivity index (χ3n) is 3.78. The number of rotatable bonds is 5. The molecular formula is C15H23FN2O2S. The van der Waals surface area contributed by atoms with Crippen LogP contribution < -0.4 is 5.32 Å². The van der Waals surface area contributed by atoms with E-state index in [0.717, 1.165) is 38.4 Å². The summed E-state index contributed by atoms with van der Waals surface area (Å²) in [5.74, 6) is -0.504. The summed E-state index contributed by atoms with van der Waals surface area (Å²) < 4.78 is 40.8. The summed E-state index contributed by atoms with van der Waals surface area (Å²) >= 11 is 0. The van der Waals surface area contributed by atoms with Crippen molar-refractivity contribution < 1.29 is 12.8 Å². The van der Waals surface area contributed by atoms with Crippen LogP contribution in [-0.2, 0) is 10.0 Å². The normalized spacial score (nSPS) is 17.3. The van der Waals surface area contributed by atoms with Crippen molar-refractivity contribution in [2.45, 2.75) is 44.0 Å². The molecule has 1 aromatic rings. The van der Waals surface area contributed by atoms with Crippen LogP contribution in [-0.4, -0.2) is 38.4 Å². The fourth-order valence-electron chi connectivity index (χ4n) is 2.80. The van der Waals surface area contributed by atoms with Crippen molar-refractivity contribution in [3.05, 3.63) is 29.6 Å². The molecule has 118 valence electrons. The highest BCUT2D eigenvalue weighted by Crippen LogP contribution is 2.24. The van der Waals surface area contributed by atoms with Crippen molar-refractivity contribution in [3.8, 4) is 0 Å². The molecule has 1 aliphatic heterocycles. The molecule has 1 saturated heterocycles. The maximum Gasteiger partial charge on any atom is 0.243 e. The number of piperidine rings is 1. The summed E-state index contributed by atoms with van der Waals surface area (Å²) in [6.45, 7) is 5.78. The highest BCUT2D eigenvalue weighted by Gasteiger charge is 2.31. The minimum absolute atomic E-state index is 0.000210. The minimum Gasteiger partial charge on any atom is -0.317 e. The lowest BCUT2D eigenvalue weighted by Crippen LogP contribution is -2.46. The Kier molecular flexibility index (Phi) is 5.35. The van der Waals surface area contributed by atoms with Gasteiger partial charge in [-0.1, -0.05) is 6.92 Å². The minimum atomic E-state index is -3.64. The number of hydrogen-bond donors (Lipinski definition) is 1. The Balaban J connectivity index is 2.36. The van der Waals surface area contributed by atoms with Crippen molar-refractivity contribution in [2.24, 2.45) is 0 Å². The van der Waals surface area contributed by atoms with Gasteiger partial charge in [-0.3, -0.25) is 0 Å². The van der Waals surface area contributed by atoms with E-state index in [2.05, 4.69) is 5.32 Å². The third-order valence-corrected chi connectivity index (χ3v) is 5.71. The van der Waals surface area contributed by atoms with Crippen LogP contribution in [0.4, 0.5) is 4.39 Å². The van der Waals surface area contributed by atoms with Gasteiger partial charge in [0.2, 0.25) is 10.0 Å². The predicted octanol–water partition coefficient (Wildman–Crippen LogP) is 2.29. The van der Waals surface area contributed by atoms with Crippen LogP contribution in [0.1, 0.15) is 31.7 Å². The molecule has 2 rings (SSSR count). The van der Waals surface area contributed by atoms with Gasteiger partial charge >= 0.3 is 0 Å². The molecular weight excluding hydrogens is 291 g/mol. The van der Waals surface area contributed by atoms with Gasteiger partial charge in [-0.05, 0) is 63.0 Å². The predicted molar refractivity (Wildman–Crippen MR) is 81.2 cm³/mol. The van der Waals surface area contributed by atoms with E-state index in [1.54, 1.807) is 17.3 Å². The lowest BCUT2D eigenvalue weighted by atomic mass is 10.1. The summed E-state index contributed by atoms with van der Waals surface area (Å²) in [4.78, 5) is 0.0620. The van der Waals surface area contributed by atoms with Crippen molar-refractivity contribution in [1.82, 2.24) is 9.62 Å². The van der Waals surface area contributed by atoms with Gasteiger partial charge in [0.05, 0.1) is 4.90 Å². The fraction of sp³-hybridized carbons (Fsp3) is 0.600. The smallest absolute Gasteiger partial charge is 0.243 e. The Morgan fingerprint density at radius 1 is 1.29 bits per heavy atom. The molecule has 21 heavy (non-hydrogen) atoms. The number of halogens is 1. The first-order valence-corrected chi connectivity index (χ1v) is 8.89. The number of nitrogens with zero attached hydrogens (tertiary/aromatic N) is 1. The van der Waals surface area contributed by atoms with Crippen molar-refractivity contribution in [1.29, 1.82) is 0 Å². The zero-order valence-corrected chi connectivity index (χ0v) is 13.4. The molecule has 1 aliphatic rings. The molecule has 6 heteroatoms. The van der Waals surface area contributed by atoms with E-state index >= 15 is 0 Å². The van der Waals surface area contributed by atoms with Gasteiger partial charge in [0.25, 0.3) is 0 Å². The van der Waals surface area contributed by atoms with Gasteiger partial charge < -0.3 is 5.32 Å². The third kappa shape index (κ3) is 3.81. The maximum atomic E-state index is 13.6. The largest absolute Gasteiger partial charge is 0.317 e. The molecule has 0 unspecified atom stereocenters. The zero-order chi connectivity index (χ0) is 15.5. The molecule has 1 N–H and O–H groups in total. The Morgan fingerprint density at radius 2 is 1.95 bits per heavy atom. The molecule has 1 aromatic carbocycles. The number of hydrogen-bond acceptors (Lipinski definition) is 3. The molecule has 0 saturated carbocycles. The van der Waals surface area contributed by atoms with Crippen LogP contribution in [0.2, 0.25) is 0 Å². The van der Waals surface area contributed by atoms with Gasteiger partial charge in [0, 0.05) is 12.6 Å². The first-order valence-electron chi connectivity index (χ1n) is 7.45. The number of aryl methyl sites for hydroxylation is 1. The quantitative estimate of drug-likeness (QED) is 0.907. The van der Waals surface area contributed by atoms with E-state index in [4.69, 9.17) is 0 Å². The van der Waals surface area contributed by atoms with E-state index in [9.17, 15) is 12.8 Å². The Hall–Kier alpha value is -0.980. The molecule has 0 radical (unpaired) electrons. The van der Waals surface area contributed by atoms with Gasteiger partial charge in [-0.2, -0.15) is 4.31 Å². The number of benzene rings is 1. The molecule has 0 spiro atoms. The van der Waals surface area contributed by atoms with Gasteiger partial charge in [0.1, 0.15) is 5.82 Å². The van der Waals surface area contributed by atoms with Crippen molar-refractivity contribution in [2.75, 3.05) is 19.6 Å². The van der Waals surface area contributed by atoms with Gasteiger partial charge in [-0.15, -0.1) is 0 Å². The SMILES string of the molecule is CCCN(C1CCNCC1)S(=O)(=O)c1cc(C)cc(F)c1. The molecule has 1 heterocycles. The van der Waals surface area contributed by atoms with Crippen LogP contribution >= 0.6 is 0 Å². The second-order valence-electron chi connectivity index (χ2n) is 5.56. The highest BCUT2D eigenvalue weighted by atomic mass is 32.2. The zero-order valence-electron chi connectivity index (χ0n) is 12.6. The van der Waals surface area contributed by atoms with Crippen LogP contribution in [0.5, 0.6) is 0 Å². The van der Waals surface area contributed by atoms with E-state index in [0.29, 0.717) is 12.1 Å². The van der Waals surface area contributed by atoms with Crippen LogP contribution in [0.15, 0.2) is 23.1 Å². The topological polar surface area (TPSA) is 49.4 Å². The Labute approximate surface area is 126 Å². The molecule has 0 aromatic heterocycles. The summed E-state index contributed by atoms with van der Waals surface area (Å²) in [5, 5.41) is 3.24. The van der Waals surface area contributed by atoms with Gasteiger partial charge in [0.15, 0.2) is 0 Å². The molecule has 0 atom stereocenters. The Bertz CT molecular complexity index is 563. The summed E-state index contributed by atoms with van der Waals surface area (Å²) in [6, 6.07) is 4.00. The first-order chi connectivity index (χ1) is 9.95. The lowest BCUT2D eigenvalue weighted by Gasteiger charge is -2.33. The van der Waals surface area contributed by atoms with E-state index in [1.807, 2.05) is 6.92 Å². The lowest BCUT2D eigenvalue weighted by molar-refractivity contribution is 0.262. The van der Waals surface area contributed by atoms with E-state index in [1.165, 1.54) is 6.07 Å². The highest BCUT2D eigenvalue weighted by molar-refractivity contribution is 7.89. The standard InChI is InChI=1S/C15H23FN2O2S/c1-3-8-18(14-4-6-17-7-5-14)21(19,20)15-10-12(2)9-13(16)11-15/h9-11,14,17H,3-8H2,1-2H3. The van der Waals surface area contributed by atoms with E-state index < -0.39 is 15.8 Å². The Morgan fingerprint density at radius 3 is 2.52 bits per heavy atom. The molecule has 4 nitrogen and oxygen atoms in total. The summed E-state index contributed by atoms with van der Waals surface area (Å²) in [5.41, 5.74) is 0.621. The molecule has 0 aliphatic carbocycles. The fourth-order valence-corrected chi connectivity index (χ4v) is 4.69. The monoisotopic (exact) mass is 314 g/mol. The van der Waals surface area contributed by atoms with Crippen molar-refractivity contribution >= 4 is 10.0 Å². The summed E-state index contributed by atoms with van der Waals surface area (Å²) in [6.07, 6.45) is 2.35. The maximum absolute atomic E-state index is 13.6. The van der Waals surface area contributed by atoms with Crippen LogP contribution in [0.25, 0.3) is 0 Å². The first kappa shape index (κ1) is 16.4. The average Bonchev–Trinajstić information content (AvgIpc) is 2.44. The number of nitrogens with one attached hydrogen (secondary N) is 1. The summed E-state index contributed by atoms with van der Waals surface area (Å²) in [7, 11) is -3.64. The molecule has 0 bridgehead atoms. The molecule has 0 amide bonds. The number of sulfonamides is 1. The average molecular weight is 314 g/mol. The second kappa shape index (κ2) is 6.85. The molecule has 1 fully saturated rings. The van der Waals surface area contributed by atoms with Crippen LogP contribution in [0, 0.1) is 12.7 Å². The second-order valence-corrected chi connectivity index (χ2v) is 7.45. The van der Waals surface area contributed by atoms with Crippen LogP contribution in [0.3, 0.4) is 0 Å². The van der Waals surface area contributed by atoms with Gasteiger partial charge in [-0.25, -0.2) is 12.8 Å². The van der Waals surface area contributed by atoms with Crippen molar-refractivity contribution in [3.63, 3.8) is 0 Å². The van der Waals surface area contributed by atoms with E-state index in [-0.39, 0.29) is 10.9 Å².